The van der Waals surface area contributed by atoms with Crippen molar-refractivity contribution in [3.8, 4) is 6.07 Å². The second kappa shape index (κ2) is 3.94. The topological polar surface area (TPSA) is 65.4 Å². The SMILES string of the molecule is N#Cc1ccnc(Sc2ncc[nH]2)c1. The van der Waals surface area contributed by atoms with Gasteiger partial charge in [0.15, 0.2) is 5.16 Å². The van der Waals surface area contributed by atoms with Gasteiger partial charge in [0.25, 0.3) is 0 Å². The van der Waals surface area contributed by atoms with E-state index in [1.165, 1.54) is 11.8 Å². The van der Waals surface area contributed by atoms with Gasteiger partial charge >= 0.3 is 0 Å². The highest BCUT2D eigenvalue weighted by Crippen LogP contribution is 2.22. The normalized spacial score (nSPS) is 9.64. The molecule has 0 radical (unpaired) electrons. The van der Waals surface area contributed by atoms with Crippen LogP contribution in [0.5, 0.6) is 0 Å². The number of aromatic nitrogens is 3. The first-order valence-electron chi connectivity index (χ1n) is 3.92. The van der Waals surface area contributed by atoms with Gasteiger partial charge in [0, 0.05) is 18.6 Å². The summed E-state index contributed by atoms with van der Waals surface area (Å²) in [6.07, 6.45) is 5.04. The number of rotatable bonds is 2. The molecule has 0 saturated heterocycles. The zero-order valence-electron chi connectivity index (χ0n) is 7.14. The smallest absolute Gasteiger partial charge is 0.171 e. The van der Waals surface area contributed by atoms with Crippen molar-refractivity contribution in [1.82, 2.24) is 15.0 Å². The van der Waals surface area contributed by atoms with Crippen LogP contribution >= 0.6 is 11.8 Å². The molecule has 14 heavy (non-hydrogen) atoms. The van der Waals surface area contributed by atoms with Gasteiger partial charge in [-0.3, -0.25) is 0 Å². The average Bonchev–Trinajstić information content (AvgIpc) is 2.71. The number of hydrogen-bond donors (Lipinski definition) is 1. The summed E-state index contributed by atoms with van der Waals surface area (Å²) in [7, 11) is 0. The molecule has 0 unspecified atom stereocenters. The summed E-state index contributed by atoms with van der Waals surface area (Å²) in [4.78, 5) is 11.1. The van der Waals surface area contributed by atoms with E-state index in [0.717, 1.165) is 10.2 Å². The molecule has 1 N–H and O–H groups in total. The third kappa shape index (κ3) is 1.92. The zero-order valence-corrected chi connectivity index (χ0v) is 7.95. The molecule has 0 aliphatic carbocycles. The molecule has 0 aromatic carbocycles. The minimum atomic E-state index is 0.606. The second-order valence-corrected chi connectivity index (χ2v) is 3.50. The van der Waals surface area contributed by atoms with Crippen molar-refractivity contribution in [2.75, 3.05) is 0 Å². The number of nitriles is 1. The molecule has 68 valence electrons. The third-order valence-corrected chi connectivity index (χ3v) is 2.39. The van der Waals surface area contributed by atoms with E-state index in [2.05, 4.69) is 21.0 Å². The Labute approximate surface area is 85.0 Å². The van der Waals surface area contributed by atoms with Gasteiger partial charge in [-0.05, 0) is 23.9 Å². The predicted octanol–water partition coefficient (Wildman–Crippen LogP) is 1.83. The van der Waals surface area contributed by atoms with E-state index in [-0.39, 0.29) is 0 Å². The largest absolute Gasteiger partial charge is 0.339 e. The number of aromatic amines is 1. The highest BCUT2D eigenvalue weighted by molar-refractivity contribution is 7.99. The zero-order chi connectivity index (χ0) is 9.80. The highest BCUT2D eigenvalue weighted by atomic mass is 32.2. The molecule has 2 rings (SSSR count). The Morgan fingerprint density at radius 1 is 1.36 bits per heavy atom. The van der Waals surface area contributed by atoms with Gasteiger partial charge in [-0.2, -0.15) is 5.26 Å². The summed E-state index contributed by atoms with van der Waals surface area (Å²) in [6.45, 7) is 0. The quantitative estimate of drug-likeness (QED) is 0.806. The summed E-state index contributed by atoms with van der Waals surface area (Å²) >= 11 is 1.39. The maximum absolute atomic E-state index is 8.68. The first-order valence-corrected chi connectivity index (χ1v) is 4.73. The Morgan fingerprint density at radius 2 is 2.29 bits per heavy atom. The second-order valence-electron chi connectivity index (χ2n) is 2.49. The minimum absolute atomic E-state index is 0.606. The van der Waals surface area contributed by atoms with Crippen LogP contribution in [0.4, 0.5) is 0 Å². The van der Waals surface area contributed by atoms with Gasteiger partial charge in [0.1, 0.15) is 5.03 Å². The molecule has 2 aromatic rings. The predicted molar refractivity (Wildman–Crippen MR) is 51.7 cm³/mol. The van der Waals surface area contributed by atoms with Crippen molar-refractivity contribution in [1.29, 1.82) is 5.26 Å². The van der Waals surface area contributed by atoms with Gasteiger partial charge in [0.05, 0.1) is 11.6 Å². The maximum atomic E-state index is 8.68. The molecular formula is C9H6N4S. The van der Waals surface area contributed by atoms with Crippen LogP contribution in [0.2, 0.25) is 0 Å². The number of imidazole rings is 1. The van der Waals surface area contributed by atoms with Crippen LogP contribution in [0.3, 0.4) is 0 Å². The van der Waals surface area contributed by atoms with Gasteiger partial charge in [0.2, 0.25) is 0 Å². The summed E-state index contributed by atoms with van der Waals surface area (Å²) in [5, 5.41) is 10.2. The van der Waals surface area contributed by atoms with Crippen molar-refractivity contribution < 1.29 is 0 Å². The van der Waals surface area contributed by atoms with Crippen LogP contribution < -0.4 is 0 Å². The number of hydrogen-bond acceptors (Lipinski definition) is 4. The van der Waals surface area contributed by atoms with E-state index >= 15 is 0 Å². The Morgan fingerprint density at radius 3 is 3.00 bits per heavy atom. The van der Waals surface area contributed by atoms with Crippen molar-refractivity contribution in [3.63, 3.8) is 0 Å². The van der Waals surface area contributed by atoms with Crippen LogP contribution in [-0.2, 0) is 0 Å². The summed E-state index contributed by atoms with van der Waals surface area (Å²) in [6, 6.07) is 5.47. The molecule has 0 amide bonds. The van der Waals surface area contributed by atoms with E-state index < -0.39 is 0 Å². The molecule has 2 aromatic heterocycles. The highest BCUT2D eigenvalue weighted by Gasteiger charge is 2.01. The molecule has 0 atom stereocenters. The van der Waals surface area contributed by atoms with Crippen molar-refractivity contribution in [3.05, 3.63) is 36.3 Å². The average molecular weight is 202 g/mol. The summed E-state index contributed by atoms with van der Waals surface area (Å²) < 4.78 is 0. The van der Waals surface area contributed by atoms with E-state index in [1.54, 1.807) is 30.7 Å². The fourth-order valence-corrected chi connectivity index (χ4v) is 1.68. The lowest BCUT2D eigenvalue weighted by atomic mass is 10.3. The van der Waals surface area contributed by atoms with E-state index in [4.69, 9.17) is 5.26 Å². The van der Waals surface area contributed by atoms with E-state index in [0.29, 0.717) is 5.56 Å². The molecule has 0 aliphatic heterocycles. The van der Waals surface area contributed by atoms with Crippen LogP contribution in [0.1, 0.15) is 5.56 Å². The molecular weight excluding hydrogens is 196 g/mol. The maximum Gasteiger partial charge on any atom is 0.171 e. The summed E-state index contributed by atoms with van der Waals surface area (Å²) in [5.74, 6) is 0. The Hall–Kier alpha value is -1.80. The molecule has 0 bridgehead atoms. The van der Waals surface area contributed by atoms with Crippen LogP contribution in [0.25, 0.3) is 0 Å². The van der Waals surface area contributed by atoms with Gasteiger partial charge < -0.3 is 4.98 Å². The monoisotopic (exact) mass is 202 g/mol. The lowest BCUT2D eigenvalue weighted by Gasteiger charge is -1.96. The first-order chi connectivity index (χ1) is 6.88. The number of nitrogens with zero attached hydrogens (tertiary/aromatic N) is 3. The standard InChI is InChI=1S/C9H6N4S/c10-6-7-1-2-11-8(5-7)14-9-12-3-4-13-9/h1-5H,(H,12,13). The third-order valence-electron chi connectivity index (χ3n) is 1.54. The molecule has 0 saturated carbocycles. The molecule has 2 heterocycles. The Balaban J connectivity index is 2.22. The summed E-state index contributed by atoms with van der Waals surface area (Å²) in [5.41, 5.74) is 0.606. The molecule has 0 spiro atoms. The lowest BCUT2D eigenvalue weighted by Crippen LogP contribution is -1.82. The van der Waals surface area contributed by atoms with Crippen LogP contribution in [0.15, 0.2) is 40.9 Å². The van der Waals surface area contributed by atoms with E-state index in [9.17, 15) is 0 Å². The number of nitrogens with one attached hydrogen (secondary N) is 1. The van der Waals surface area contributed by atoms with Crippen molar-refractivity contribution in [2.24, 2.45) is 0 Å². The fraction of sp³-hybridized carbons (Fsp3) is 0. The van der Waals surface area contributed by atoms with Gasteiger partial charge in [-0.15, -0.1) is 0 Å². The minimum Gasteiger partial charge on any atom is -0.339 e. The van der Waals surface area contributed by atoms with Crippen LogP contribution in [0, 0.1) is 11.3 Å². The fourth-order valence-electron chi connectivity index (χ4n) is 0.940. The van der Waals surface area contributed by atoms with Crippen molar-refractivity contribution >= 4 is 11.8 Å². The van der Waals surface area contributed by atoms with Gasteiger partial charge in [-0.25, -0.2) is 9.97 Å². The van der Waals surface area contributed by atoms with Crippen molar-refractivity contribution in [2.45, 2.75) is 10.2 Å². The molecule has 5 heteroatoms. The Bertz CT molecular complexity index is 458. The van der Waals surface area contributed by atoms with Gasteiger partial charge in [-0.1, -0.05) is 0 Å². The van der Waals surface area contributed by atoms with E-state index in [1.807, 2.05) is 0 Å². The first kappa shape index (κ1) is 8.78. The molecule has 0 aliphatic rings. The Kier molecular flexibility index (Phi) is 2.47. The number of H-pyrrole nitrogens is 1. The molecule has 0 fully saturated rings. The van der Waals surface area contributed by atoms with Crippen LogP contribution in [-0.4, -0.2) is 15.0 Å². The molecule has 4 nitrogen and oxygen atoms in total. The number of pyridine rings is 1. The lowest BCUT2D eigenvalue weighted by molar-refractivity contribution is 1.04.